The van der Waals surface area contributed by atoms with Crippen molar-refractivity contribution in [1.29, 1.82) is 0 Å². The number of carbonyl (C=O) groups is 1. The Balaban J connectivity index is 2.53. The van der Waals surface area contributed by atoms with Crippen molar-refractivity contribution in [2.24, 2.45) is 0 Å². The largest absolute Gasteiger partial charge is 0.289 e. The van der Waals surface area contributed by atoms with Crippen LogP contribution in [-0.2, 0) is 0 Å². The number of benzene rings is 2. The molecule has 2 aromatic carbocycles. The van der Waals surface area contributed by atoms with Crippen LogP contribution in [0.15, 0.2) is 43.7 Å². The molecule has 0 aliphatic carbocycles. The van der Waals surface area contributed by atoms with E-state index in [-0.39, 0.29) is 5.78 Å². The molecule has 0 radical (unpaired) electrons. The average molecular weight is 467 g/mol. The molecule has 0 bridgehead atoms. The highest BCUT2D eigenvalue weighted by Crippen LogP contribution is 2.29. The highest BCUT2D eigenvalue weighted by molar-refractivity contribution is 9.11. The zero-order valence-electron chi connectivity index (χ0n) is 9.81. The second-order valence-corrected chi connectivity index (χ2v) is 7.13. The Morgan fingerprint density at radius 2 is 1.68 bits per heavy atom. The summed E-state index contributed by atoms with van der Waals surface area (Å²) in [7, 11) is 0. The van der Waals surface area contributed by atoms with Crippen molar-refractivity contribution in [3.05, 3.63) is 65.5 Å². The maximum Gasteiger partial charge on any atom is 0.194 e. The maximum atomic E-state index is 12.5. The normalized spacial score (nSPS) is 10.6. The van der Waals surface area contributed by atoms with Gasteiger partial charge in [0, 0.05) is 29.6 Å². The molecular formula is C14H8Br3ClO. The van der Waals surface area contributed by atoms with Gasteiger partial charge in [0.2, 0.25) is 0 Å². The fourth-order valence-electron chi connectivity index (χ4n) is 1.66. The molecule has 0 heterocycles. The molecule has 0 amide bonds. The van der Waals surface area contributed by atoms with Crippen molar-refractivity contribution >= 4 is 65.2 Å². The lowest BCUT2D eigenvalue weighted by Crippen LogP contribution is -2.03. The summed E-state index contributed by atoms with van der Waals surface area (Å²) >= 11 is 16.2. The second kappa shape index (κ2) is 6.08. The summed E-state index contributed by atoms with van der Waals surface area (Å²) in [5.74, 6) is -0.0734. The van der Waals surface area contributed by atoms with Crippen LogP contribution < -0.4 is 0 Å². The molecule has 0 saturated carbocycles. The molecule has 0 fully saturated rings. The van der Waals surface area contributed by atoms with E-state index >= 15 is 0 Å². The molecule has 0 saturated heterocycles. The molecule has 0 aliphatic heterocycles. The van der Waals surface area contributed by atoms with E-state index in [1.54, 1.807) is 18.2 Å². The SMILES string of the molecule is Cc1cc(Br)c(C(=O)c2cc(Cl)cc(Br)c2)cc1Br. The first kappa shape index (κ1) is 15.2. The van der Waals surface area contributed by atoms with Crippen molar-refractivity contribution in [1.82, 2.24) is 0 Å². The molecular weight excluding hydrogens is 459 g/mol. The highest BCUT2D eigenvalue weighted by Gasteiger charge is 2.15. The number of carbonyl (C=O) groups excluding carboxylic acids is 1. The summed E-state index contributed by atoms with van der Waals surface area (Å²) in [6.07, 6.45) is 0. The molecule has 0 spiro atoms. The van der Waals surface area contributed by atoms with Crippen LogP contribution >= 0.6 is 59.4 Å². The fourth-order valence-corrected chi connectivity index (χ4v) is 3.50. The summed E-state index contributed by atoms with van der Waals surface area (Å²) in [5.41, 5.74) is 2.22. The molecule has 19 heavy (non-hydrogen) atoms. The van der Waals surface area contributed by atoms with E-state index in [2.05, 4.69) is 47.8 Å². The summed E-state index contributed by atoms with van der Waals surface area (Å²) in [6.45, 7) is 1.97. The zero-order chi connectivity index (χ0) is 14.2. The van der Waals surface area contributed by atoms with Gasteiger partial charge in [-0.2, -0.15) is 0 Å². The van der Waals surface area contributed by atoms with Gasteiger partial charge in [-0.3, -0.25) is 4.79 Å². The van der Waals surface area contributed by atoms with Crippen LogP contribution in [0.3, 0.4) is 0 Å². The van der Waals surface area contributed by atoms with Crippen molar-refractivity contribution in [2.75, 3.05) is 0 Å². The summed E-state index contributed by atoms with van der Waals surface area (Å²) in [5, 5.41) is 0.528. The van der Waals surface area contributed by atoms with Gasteiger partial charge in [-0.1, -0.05) is 59.4 Å². The van der Waals surface area contributed by atoms with E-state index in [0.29, 0.717) is 16.1 Å². The van der Waals surface area contributed by atoms with E-state index < -0.39 is 0 Å². The summed E-state index contributed by atoms with van der Waals surface area (Å²) < 4.78 is 2.46. The molecule has 5 heteroatoms. The van der Waals surface area contributed by atoms with Gasteiger partial charge in [0.05, 0.1) is 0 Å². The van der Waals surface area contributed by atoms with Crippen LogP contribution in [0.4, 0.5) is 0 Å². The first-order chi connectivity index (χ1) is 8.88. The fraction of sp³-hybridized carbons (Fsp3) is 0.0714. The van der Waals surface area contributed by atoms with Crippen LogP contribution in [-0.4, -0.2) is 5.78 Å². The number of hydrogen-bond acceptors (Lipinski definition) is 1. The molecule has 1 nitrogen and oxygen atoms in total. The number of halogens is 4. The lowest BCUT2D eigenvalue weighted by atomic mass is 10.0. The first-order valence-electron chi connectivity index (χ1n) is 5.35. The molecule has 98 valence electrons. The van der Waals surface area contributed by atoms with E-state index in [9.17, 15) is 4.79 Å². The Morgan fingerprint density at radius 3 is 2.32 bits per heavy atom. The monoisotopic (exact) mass is 464 g/mol. The first-order valence-corrected chi connectivity index (χ1v) is 8.10. The predicted molar refractivity (Wildman–Crippen MR) is 89.2 cm³/mol. The van der Waals surface area contributed by atoms with E-state index in [1.807, 2.05) is 19.1 Å². The van der Waals surface area contributed by atoms with Crippen LogP contribution in [0, 0.1) is 6.92 Å². The van der Waals surface area contributed by atoms with Gasteiger partial charge in [-0.15, -0.1) is 0 Å². The van der Waals surface area contributed by atoms with E-state index in [0.717, 1.165) is 19.0 Å². The van der Waals surface area contributed by atoms with Gasteiger partial charge in [-0.05, 0) is 42.8 Å². The Morgan fingerprint density at radius 1 is 1.00 bits per heavy atom. The van der Waals surface area contributed by atoms with E-state index in [1.165, 1.54) is 0 Å². The summed E-state index contributed by atoms with van der Waals surface area (Å²) in [6, 6.07) is 8.90. The second-order valence-electron chi connectivity index (χ2n) is 4.07. The van der Waals surface area contributed by atoms with Crippen LogP contribution in [0.1, 0.15) is 21.5 Å². The Labute approximate surface area is 141 Å². The Bertz CT molecular complexity index is 648. The zero-order valence-corrected chi connectivity index (χ0v) is 15.3. The average Bonchev–Trinajstić information content (AvgIpc) is 2.31. The Kier molecular flexibility index (Phi) is 4.88. The molecule has 2 aromatic rings. The quantitative estimate of drug-likeness (QED) is 0.483. The standard InChI is InChI=1S/C14H8Br3ClO/c1-7-2-13(17)11(6-12(7)16)14(19)8-3-9(15)5-10(18)4-8/h2-6H,1H3. The van der Waals surface area contributed by atoms with Gasteiger partial charge >= 0.3 is 0 Å². The van der Waals surface area contributed by atoms with E-state index in [4.69, 9.17) is 11.6 Å². The minimum atomic E-state index is -0.0734. The van der Waals surface area contributed by atoms with Crippen molar-refractivity contribution in [3.63, 3.8) is 0 Å². The molecule has 2 rings (SSSR count). The van der Waals surface area contributed by atoms with Crippen LogP contribution in [0.5, 0.6) is 0 Å². The number of hydrogen-bond donors (Lipinski definition) is 0. The van der Waals surface area contributed by atoms with Gasteiger partial charge in [0.15, 0.2) is 5.78 Å². The van der Waals surface area contributed by atoms with Crippen molar-refractivity contribution in [2.45, 2.75) is 6.92 Å². The number of rotatable bonds is 2. The van der Waals surface area contributed by atoms with Crippen LogP contribution in [0.2, 0.25) is 5.02 Å². The topological polar surface area (TPSA) is 17.1 Å². The third-order valence-electron chi connectivity index (χ3n) is 2.62. The minimum absolute atomic E-state index is 0.0734. The van der Waals surface area contributed by atoms with Crippen molar-refractivity contribution in [3.8, 4) is 0 Å². The smallest absolute Gasteiger partial charge is 0.194 e. The number of aryl methyl sites for hydroxylation is 1. The summed E-state index contributed by atoms with van der Waals surface area (Å²) in [4.78, 5) is 12.5. The van der Waals surface area contributed by atoms with Gasteiger partial charge in [0.1, 0.15) is 0 Å². The minimum Gasteiger partial charge on any atom is -0.289 e. The van der Waals surface area contributed by atoms with Gasteiger partial charge in [0.25, 0.3) is 0 Å². The third kappa shape index (κ3) is 3.48. The number of ketones is 1. The van der Waals surface area contributed by atoms with Crippen molar-refractivity contribution < 1.29 is 4.79 Å². The molecule has 0 N–H and O–H groups in total. The molecule has 0 atom stereocenters. The highest BCUT2D eigenvalue weighted by atomic mass is 79.9. The molecule has 0 aliphatic rings. The molecule has 0 aromatic heterocycles. The van der Waals surface area contributed by atoms with Gasteiger partial charge < -0.3 is 0 Å². The Hall–Kier alpha value is -0.160. The van der Waals surface area contributed by atoms with Gasteiger partial charge in [-0.25, -0.2) is 0 Å². The molecule has 0 unspecified atom stereocenters. The van der Waals surface area contributed by atoms with Crippen LogP contribution in [0.25, 0.3) is 0 Å². The lowest BCUT2D eigenvalue weighted by molar-refractivity contribution is 0.103. The maximum absolute atomic E-state index is 12.5. The third-order valence-corrected chi connectivity index (χ3v) is 4.80. The predicted octanol–water partition coefficient (Wildman–Crippen LogP) is 6.17. The lowest BCUT2D eigenvalue weighted by Gasteiger charge is -2.08.